The average Bonchev–Trinajstić information content (AvgIpc) is 3.04. The number of carbonyl (C=O) groups is 2. The van der Waals surface area contributed by atoms with Crippen LogP contribution in [-0.2, 0) is 9.59 Å². The van der Waals surface area contributed by atoms with Gasteiger partial charge in [-0.3, -0.25) is 9.59 Å². The number of benzene rings is 1. The van der Waals surface area contributed by atoms with E-state index in [2.05, 4.69) is 10.5 Å². The second kappa shape index (κ2) is 7.44. The zero-order valence-corrected chi connectivity index (χ0v) is 12.4. The minimum absolute atomic E-state index is 0.0345. The Kier molecular flexibility index (Phi) is 5.35. The summed E-state index contributed by atoms with van der Waals surface area (Å²) in [6, 6.07) is 4.69. The van der Waals surface area contributed by atoms with Crippen LogP contribution in [0.4, 0.5) is 0 Å². The van der Waals surface area contributed by atoms with E-state index in [-0.39, 0.29) is 5.75 Å². The van der Waals surface area contributed by atoms with E-state index >= 15 is 0 Å². The molecule has 1 fully saturated rings. The number of nitrogens with zero attached hydrogens (tertiary/aromatic N) is 2. The molecular formula is C15H19N3O4. The molecule has 1 aliphatic heterocycles. The highest BCUT2D eigenvalue weighted by atomic mass is 16.5. The third kappa shape index (κ3) is 3.97. The van der Waals surface area contributed by atoms with Gasteiger partial charge in [0.25, 0.3) is 0 Å². The van der Waals surface area contributed by atoms with Crippen LogP contribution in [0.5, 0.6) is 11.5 Å². The maximum atomic E-state index is 11.8. The number of phenols is 1. The molecular weight excluding hydrogens is 286 g/mol. The highest BCUT2D eigenvalue weighted by Gasteiger charge is 2.23. The van der Waals surface area contributed by atoms with Gasteiger partial charge in [0, 0.05) is 13.1 Å². The molecule has 1 heterocycles. The van der Waals surface area contributed by atoms with E-state index in [0.717, 1.165) is 12.8 Å². The summed E-state index contributed by atoms with van der Waals surface area (Å²) in [5.41, 5.74) is 2.84. The Labute approximate surface area is 128 Å². The number of amides is 2. The number of hydrazone groups is 1. The first-order chi connectivity index (χ1) is 10.6. The van der Waals surface area contributed by atoms with Crippen LogP contribution < -0.4 is 10.2 Å². The molecule has 0 unspecified atom stereocenters. The molecule has 2 rings (SSSR count). The summed E-state index contributed by atoms with van der Waals surface area (Å²) in [6.07, 6.45) is 3.24. The summed E-state index contributed by atoms with van der Waals surface area (Å²) < 4.78 is 5.25. The predicted molar refractivity (Wildman–Crippen MR) is 80.8 cm³/mol. The Morgan fingerprint density at radius 2 is 2.14 bits per heavy atom. The van der Waals surface area contributed by atoms with Crippen molar-refractivity contribution in [3.8, 4) is 11.5 Å². The lowest BCUT2D eigenvalue weighted by Crippen LogP contribution is -2.39. The number of rotatable bonds is 4. The molecule has 0 aliphatic carbocycles. The summed E-state index contributed by atoms with van der Waals surface area (Å²) in [7, 11) is 0. The molecule has 2 N–H and O–H groups in total. The van der Waals surface area contributed by atoms with Gasteiger partial charge in [-0.1, -0.05) is 0 Å². The van der Waals surface area contributed by atoms with E-state index in [0.29, 0.717) is 31.0 Å². The van der Waals surface area contributed by atoms with Crippen molar-refractivity contribution in [2.24, 2.45) is 5.10 Å². The van der Waals surface area contributed by atoms with Gasteiger partial charge in [-0.25, -0.2) is 5.43 Å². The molecule has 1 saturated heterocycles. The SMILES string of the molecule is CCOc1cc(/C=N\NC(=O)C(=O)N2CCCC2)ccc1O. The van der Waals surface area contributed by atoms with Gasteiger partial charge in [0.2, 0.25) is 0 Å². The second-order valence-electron chi connectivity index (χ2n) is 4.86. The molecule has 0 bridgehead atoms. The quantitative estimate of drug-likeness (QED) is 0.490. The molecule has 1 aromatic carbocycles. The third-order valence-electron chi connectivity index (χ3n) is 3.25. The van der Waals surface area contributed by atoms with Gasteiger partial charge >= 0.3 is 11.8 Å². The Balaban J connectivity index is 1.92. The zero-order valence-electron chi connectivity index (χ0n) is 12.4. The number of aromatic hydroxyl groups is 1. The molecule has 1 aromatic rings. The number of hydrogen-bond donors (Lipinski definition) is 2. The molecule has 7 nitrogen and oxygen atoms in total. The summed E-state index contributed by atoms with van der Waals surface area (Å²) >= 11 is 0. The van der Waals surface area contributed by atoms with Crippen molar-refractivity contribution < 1.29 is 19.4 Å². The van der Waals surface area contributed by atoms with Gasteiger partial charge in [-0.2, -0.15) is 5.10 Å². The van der Waals surface area contributed by atoms with E-state index < -0.39 is 11.8 Å². The van der Waals surface area contributed by atoms with Gasteiger partial charge in [0.05, 0.1) is 12.8 Å². The number of hydrogen-bond acceptors (Lipinski definition) is 5. The maximum absolute atomic E-state index is 11.8. The Morgan fingerprint density at radius 3 is 2.82 bits per heavy atom. The summed E-state index contributed by atoms with van der Waals surface area (Å²) in [4.78, 5) is 24.9. The molecule has 1 aliphatic rings. The summed E-state index contributed by atoms with van der Waals surface area (Å²) in [6.45, 7) is 3.47. The van der Waals surface area contributed by atoms with E-state index in [1.807, 2.05) is 6.92 Å². The van der Waals surface area contributed by atoms with Gasteiger partial charge < -0.3 is 14.7 Å². The van der Waals surface area contributed by atoms with Crippen molar-refractivity contribution in [1.82, 2.24) is 10.3 Å². The Hall–Kier alpha value is -2.57. The lowest BCUT2D eigenvalue weighted by Gasteiger charge is -2.12. The normalized spacial score (nSPS) is 14.3. The van der Waals surface area contributed by atoms with E-state index in [1.165, 1.54) is 17.2 Å². The average molecular weight is 305 g/mol. The standard InChI is InChI=1S/C15H19N3O4/c1-2-22-13-9-11(5-6-12(13)19)10-16-17-14(20)15(21)18-7-3-4-8-18/h5-6,9-10,19H,2-4,7-8H2,1H3,(H,17,20)/b16-10-. The molecule has 0 spiro atoms. The van der Waals surface area contributed by atoms with Crippen molar-refractivity contribution >= 4 is 18.0 Å². The fourth-order valence-electron chi connectivity index (χ4n) is 2.16. The highest BCUT2D eigenvalue weighted by Crippen LogP contribution is 2.26. The van der Waals surface area contributed by atoms with Crippen LogP contribution in [0, 0.1) is 0 Å². The van der Waals surface area contributed by atoms with Gasteiger partial charge in [0.1, 0.15) is 0 Å². The van der Waals surface area contributed by atoms with Crippen LogP contribution in [0.15, 0.2) is 23.3 Å². The van der Waals surface area contributed by atoms with Crippen molar-refractivity contribution in [1.29, 1.82) is 0 Å². The van der Waals surface area contributed by atoms with Crippen molar-refractivity contribution in [2.75, 3.05) is 19.7 Å². The Bertz CT molecular complexity index is 580. The van der Waals surface area contributed by atoms with Crippen LogP contribution >= 0.6 is 0 Å². The van der Waals surface area contributed by atoms with Crippen LogP contribution in [-0.4, -0.2) is 47.7 Å². The second-order valence-corrected chi connectivity index (χ2v) is 4.86. The van der Waals surface area contributed by atoms with Gasteiger partial charge in [0.15, 0.2) is 11.5 Å². The molecule has 0 aromatic heterocycles. The first-order valence-electron chi connectivity index (χ1n) is 7.20. The fraction of sp³-hybridized carbons (Fsp3) is 0.400. The lowest BCUT2D eigenvalue weighted by molar-refractivity contribution is -0.145. The van der Waals surface area contributed by atoms with Crippen LogP contribution in [0.3, 0.4) is 0 Å². The largest absolute Gasteiger partial charge is 0.504 e. The van der Waals surface area contributed by atoms with Crippen LogP contribution in [0.25, 0.3) is 0 Å². The number of carbonyl (C=O) groups excluding carboxylic acids is 2. The smallest absolute Gasteiger partial charge is 0.329 e. The lowest BCUT2D eigenvalue weighted by atomic mass is 10.2. The summed E-state index contributed by atoms with van der Waals surface area (Å²) in [5, 5.41) is 13.3. The monoisotopic (exact) mass is 305 g/mol. The molecule has 22 heavy (non-hydrogen) atoms. The summed E-state index contributed by atoms with van der Waals surface area (Å²) in [5.74, 6) is -0.935. The van der Waals surface area contributed by atoms with Crippen LogP contribution in [0.1, 0.15) is 25.3 Å². The molecule has 7 heteroatoms. The topological polar surface area (TPSA) is 91.2 Å². The van der Waals surface area contributed by atoms with E-state index in [9.17, 15) is 14.7 Å². The van der Waals surface area contributed by atoms with Crippen LogP contribution in [0.2, 0.25) is 0 Å². The Morgan fingerprint density at radius 1 is 1.41 bits per heavy atom. The number of nitrogens with one attached hydrogen (secondary N) is 1. The minimum atomic E-state index is -0.748. The minimum Gasteiger partial charge on any atom is -0.504 e. The zero-order chi connectivity index (χ0) is 15.9. The van der Waals surface area contributed by atoms with Gasteiger partial charge in [-0.15, -0.1) is 0 Å². The molecule has 2 amide bonds. The first kappa shape index (κ1) is 15.8. The number of phenolic OH excluding ortho intramolecular Hbond substituents is 1. The maximum Gasteiger partial charge on any atom is 0.329 e. The highest BCUT2D eigenvalue weighted by molar-refractivity contribution is 6.35. The first-order valence-corrected chi connectivity index (χ1v) is 7.20. The number of ether oxygens (including phenoxy) is 1. The van der Waals surface area contributed by atoms with Gasteiger partial charge in [-0.05, 0) is 43.5 Å². The van der Waals surface area contributed by atoms with Crippen molar-refractivity contribution in [2.45, 2.75) is 19.8 Å². The number of likely N-dealkylation sites (tertiary alicyclic amines) is 1. The fourth-order valence-corrected chi connectivity index (χ4v) is 2.16. The van der Waals surface area contributed by atoms with E-state index in [4.69, 9.17) is 4.74 Å². The van der Waals surface area contributed by atoms with E-state index in [1.54, 1.807) is 12.1 Å². The molecule has 0 radical (unpaired) electrons. The third-order valence-corrected chi connectivity index (χ3v) is 3.25. The van der Waals surface area contributed by atoms with Crippen molar-refractivity contribution in [3.05, 3.63) is 23.8 Å². The molecule has 0 atom stereocenters. The molecule has 118 valence electrons. The predicted octanol–water partition coefficient (Wildman–Crippen LogP) is 0.863. The molecule has 0 saturated carbocycles. The van der Waals surface area contributed by atoms with Crippen molar-refractivity contribution in [3.63, 3.8) is 0 Å².